The van der Waals surface area contributed by atoms with E-state index in [0.717, 1.165) is 15.4 Å². The maximum Gasteiger partial charge on any atom is 0.242 e. The molecule has 0 heterocycles. The van der Waals surface area contributed by atoms with Crippen molar-refractivity contribution < 1.29 is 12.8 Å². The minimum Gasteiger partial charge on any atom is -0.207 e. The van der Waals surface area contributed by atoms with Crippen LogP contribution in [0.4, 0.5) is 4.39 Å². The minimum absolute atomic E-state index is 0.222. The molecular weight excluding hydrogens is 265 g/mol. The van der Waals surface area contributed by atoms with Gasteiger partial charge in [0.15, 0.2) is 0 Å². The number of rotatable bonds is 3. The van der Waals surface area contributed by atoms with Crippen LogP contribution in [0.15, 0.2) is 53.4 Å². The number of sulfonamides is 1. The zero-order valence-electron chi connectivity index (χ0n) is 10.7. The van der Waals surface area contributed by atoms with Gasteiger partial charge in [-0.3, -0.25) is 0 Å². The van der Waals surface area contributed by atoms with Crippen LogP contribution >= 0.6 is 0 Å². The molecule has 0 aliphatic heterocycles. The number of benzene rings is 2. The first-order valence-electron chi connectivity index (χ1n) is 5.70. The normalized spacial score (nSPS) is 11.8. The van der Waals surface area contributed by atoms with Gasteiger partial charge in [-0.2, -0.15) is 0 Å². The molecule has 0 saturated carbocycles. The second-order valence-electron chi connectivity index (χ2n) is 4.32. The molecule has 0 aliphatic carbocycles. The molecule has 0 saturated heterocycles. The Hall–Kier alpha value is -1.72. The first-order chi connectivity index (χ1) is 8.91. The molecule has 0 atom stereocenters. The SMILES string of the molecule is CN(C)S(=O)(=O)c1cccc(-c2ccc(F)cc2)c1. The molecule has 0 amide bonds. The highest BCUT2D eigenvalue weighted by molar-refractivity contribution is 7.89. The smallest absolute Gasteiger partial charge is 0.207 e. The monoisotopic (exact) mass is 279 g/mol. The summed E-state index contributed by atoms with van der Waals surface area (Å²) < 4.78 is 38.1. The Morgan fingerprint density at radius 2 is 1.58 bits per heavy atom. The molecule has 3 nitrogen and oxygen atoms in total. The standard InChI is InChI=1S/C14H14FNO2S/c1-16(2)19(17,18)14-5-3-4-12(10-14)11-6-8-13(15)9-7-11/h3-10H,1-2H3. The molecule has 0 fully saturated rings. The summed E-state index contributed by atoms with van der Waals surface area (Å²) in [5.41, 5.74) is 1.51. The van der Waals surface area contributed by atoms with Crippen LogP contribution in [0.5, 0.6) is 0 Å². The lowest BCUT2D eigenvalue weighted by Crippen LogP contribution is -2.22. The highest BCUT2D eigenvalue weighted by atomic mass is 32.2. The second-order valence-corrected chi connectivity index (χ2v) is 6.47. The molecule has 2 aromatic carbocycles. The van der Waals surface area contributed by atoms with Crippen LogP contribution in [-0.2, 0) is 10.0 Å². The first kappa shape index (κ1) is 13.7. The van der Waals surface area contributed by atoms with Crippen LogP contribution in [0.25, 0.3) is 11.1 Å². The average Bonchev–Trinajstić information content (AvgIpc) is 2.39. The predicted octanol–water partition coefficient (Wildman–Crippen LogP) is 2.74. The maximum absolute atomic E-state index is 12.9. The minimum atomic E-state index is -3.46. The summed E-state index contributed by atoms with van der Waals surface area (Å²) >= 11 is 0. The Morgan fingerprint density at radius 3 is 2.16 bits per heavy atom. The molecule has 19 heavy (non-hydrogen) atoms. The summed E-state index contributed by atoms with van der Waals surface area (Å²) in [5.74, 6) is -0.319. The Balaban J connectivity index is 2.49. The van der Waals surface area contributed by atoms with Crippen molar-refractivity contribution in [2.75, 3.05) is 14.1 Å². The van der Waals surface area contributed by atoms with Gasteiger partial charge >= 0.3 is 0 Å². The van der Waals surface area contributed by atoms with Gasteiger partial charge < -0.3 is 0 Å². The molecule has 100 valence electrons. The lowest BCUT2D eigenvalue weighted by Gasteiger charge is -2.12. The van der Waals surface area contributed by atoms with Gasteiger partial charge in [-0.15, -0.1) is 0 Å². The van der Waals surface area contributed by atoms with Gasteiger partial charge in [0.2, 0.25) is 10.0 Å². The third-order valence-electron chi connectivity index (χ3n) is 2.79. The zero-order chi connectivity index (χ0) is 14.0. The van der Waals surface area contributed by atoms with E-state index in [9.17, 15) is 12.8 Å². The highest BCUT2D eigenvalue weighted by Gasteiger charge is 2.17. The summed E-state index contributed by atoms with van der Waals surface area (Å²) in [6, 6.07) is 12.5. The zero-order valence-corrected chi connectivity index (χ0v) is 11.5. The maximum atomic E-state index is 12.9. The van der Waals surface area contributed by atoms with Crippen molar-refractivity contribution in [2.24, 2.45) is 0 Å². The molecule has 0 unspecified atom stereocenters. The van der Waals surface area contributed by atoms with E-state index in [1.54, 1.807) is 36.4 Å². The highest BCUT2D eigenvalue weighted by Crippen LogP contribution is 2.23. The van der Waals surface area contributed by atoms with Gasteiger partial charge in [0.1, 0.15) is 5.82 Å². The fraction of sp³-hybridized carbons (Fsp3) is 0.143. The summed E-state index contributed by atoms with van der Waals surface area (Å²) in [5, 5.41) is 0. The quantitative estimate of drug-likeness (QED) is 0.866. The fourth-order valence-corrected chi connectivity index (χ4v) is 2.64. The Kier molecular flexibility index (Phi) is 3.68. The molecule has 0 N–H and O–H groups in total. The lowest BCUT2D eigenvalue weighted by atomic mass is 10.1. The van der Waals surface area contributed by atoms with Gasteiger partial charge in [0.25, 0.3) is 0 Å². The van der Waals surface area contributed by atoms with Crippen LogP contribution in [0, 0.1) is 5.82 Å². The third kappa shape index (κ3) is 2.83. The van der Waals surface area contributed by atoms with Gasteiger partial charge in [0.05, 0.1) is 4.90 Å². The average molecular weight is 279 g/mol. The first-order valence-corrected chi connectivity index (χ1v) is 7.14. The van der Waals surface area contributed by atoms with E-state index >= 15 is 0 Å². The largest absolute Gasteiger partial charge is 0.242 e. The van der Waals surface area contributed by atoms with E-state index in [4.69, 9.17) is 0 Å². The van der Waals surface area contributed by atoms with Crippen LogP contribution < -0.4 is 0 Å². The Labute approximate surface area is 112 Å². The van der Waals surface area contributed by atoms with Crippen LogP contribution in [0.1, 0.15) is 0 Å². The summed E-state index contributed by atoms with van der Waals surface area (Å²) in [4.78, 5) is 0.222. The van der Waals surface area contributed by atoms with Gasteiger partial charge in [-0.25, -0.2) is 17.1 Å². The van der Waals surface area contributed by atoms with E-state index in [1.165, 1.54) is 26.2 Å². The van der Waals surface area contributed by atoms with Crippen molar-refractivity contribution in [3.63, 3.8) is 0 Å². The van der Waals surface area contributed by atoms with E-state index in [1.807, 2.05) is 0 Å². The predicted molar refractivity (Wildman–Crippen MR) is 72.7 cm³/mol. The van der Waals surface area contributed by atoms with Crippen LogP contribution in [0.3, 0.4) is 0 Å². The molecule has 0 radical (unpaired) electrons. The number of halogens is 1. The van der Waals surface area contributed by atoms with Crippen molar-refractivity contribution in [3.05, 3.63) is 54.3 Å². The molecule has 2 aromatic rings. The van der Waals surface area contributed by atoms with Crippen molar-refractivity contribution in [1.82, 2.24) is 4.31 Å². The van der Waals surface area contributed by atoms with Crippen molar-refractivity contribution >= 4 is 10.0 Å². The summed E-state index contributed by atoms with van der Waals surface area (Å²) in [6.07, 6.45) is 0. The lowest BCUT2D eigenvalue weighted by molar-refractivity contribution is 0.521. The molecule has 0 bridgehead atoms. The van der Waals surface area contributed by atoms with Gasteiger partial charge in [0, 0.05) is 14.1 Å². The molecule has 0 aliphatic rings. The van der Waals surface area contributed by atoms with E-state index in [2.05, 4.69) is 0 Å². The topological polar surface area (TPSA) is 37.4 Å². The van der Waals surface area contributed by atoms with Gasteiger partial charge in [-0.05, 0) is 35.4 Å². The Morgan fingerprint density at radius 1 is 0.947 bits per heavy atom. The van der Waals surface area contributed by atoms with E-state index < -0.39 is 10.0 Å². The summed E-state index contributed by atoms with van der Waals surface area (Å²) in [7, 11) is -0.484. The number of hydrogen-bond acceptors (Lipinski definition) is 2. The molecule has 5 heteroatoms. The van der Waals surface area contributed by atoms with Crippen LogP contribution in [0.2, 0.25) is 0 Å². The second kappa shape index (κ2) is 5.11. The van der Waals surface area contributed by atoms with E-state index in [-0.39, 0.29) is 10.7 Å². The van der Waals surface area contributed by atoms with Crippen LogP contribution in [-0.4, -0.2) is 26.8 Å². The van der Waals surface area contributed by atoms with Crippen molar-refractivity contribution in [1.29, 1.82) is 0 Å². The Bertz CT molecular complexity index is 679. The third-order valence-corrected chi connectivity index (χ3v) is 4.60. The number of nitrogens with zero attached hydrogens (tertiary/aromatic N) is 1. The fourth-order valence-electron chi connectivity index (χ4n) is 1.69. The molecule has 2 rings (SSSR count). The van der Waals surface area contributed by atoms with Crippen molar-refractivity contribution in [3.8, 4) is 11.1 Å². The molecule has 0 aromatic heterocycles. The van der Waals surface area contributed by atoms with Gasteiger partial charge in [-0.1, -0.05) is 24.3 Å². The van der Waals surface area contributed by atoms with Crippen molar-refractivity contribution in [2.45, 2.75) is 4.90 Å². The molecular formula is C14H14FNO2S. The summed E-state index contributed by atoms with van der Waals surface area (Å²) in [6.45, 7) is 0. The number of hydrogen-bond donors (Lipinski definition) is 0. The molecule has 0 spiro atoms. The van der Waals surface area contributed by atoms with E-state index in [0.29, 0.717) is 0 Å².